The van der Waals surface area contributed by atoms with Crippen LogP contribution in [-0.4, -0.2) is 11.1 Å². The molecule has 2 nitrogen and oxygen atoms in total. The minimum atomic E-state index is -0.235. The van der Waals surface area contributed by atoms with E-state index in [1.807, 2.05) is 18.3 Å². The zero-order chi connectivity index (χ0) is 14.8. The maximum absolute atomic E-state index is 12.8. The summed E-state index contributed by atoms with van der Waals surface area (Å²) in [6.07, 6.45) is 1.99. The maximum Gasteiger partial charge on any atom is 0.123 e. The summed E-state index contributed by atoms with van der Waals surface area (Å²) in [6.45, 7) is 1.48. The van der Waals surface area contributed by atoms with Gasteiger partial charge in [0.05, 0.1) is 10.5 Å². The first-order chi connectivity index (χ1) is 10.1. The van der Waals surface area contributed by atoms with Crippen LogP contribution in [0.15, 0.2) is 48.7 Å². The number of fused-ring (bicyclic) bond motifs is 1. The van der Waals surface area contributed by atoms with Crippen molar-refractivity contribution in [2.75, 3.05) is 11.9 Å². The van der Waals surface area contributed by atoms with Gasteiger partial charge in [0.1, 0.15) is 5.82 Å². The highest BCUT2D eigenvalue weighted by Gasteiger charge is 2.06. The standard InChI is InChI=1S/C16H13Cl2FN2/c17-11-9-15(18)14-5-7-21(16(14)10-11)8-6-20-13-3-1-12(19)2-4-13/h1-5,7,9-10,20H,6,8H2. The summed E-state index contributed by atoms with van der Waals surface area (Å²) in [5.41, 5.74) is 1.90. The van der Waals surface area contributed by atoms with E-state index in [4.69, 9.17) is 23.2 Å². The maximum atomic E-state index is 12.8. The van der Waals surface area contributed by atoms with Crippen LogP contribution in [0.1, 0.15) is 0 Å². The smallest absolute Gasteiger partial charge is 0.123 e. The molecule has 0 spiro atoms. The largest absolute Gasteiger partial charge is 0.383 e. The molecule has 0 saturated carbocycles. The van der Waals surface area contributed by atoms with E-state index in [-0.39, 0.29) is 5.82 Å². The first kappa shape index (κ1) is 14.2. The molecule has 108 valence electrons. The molecule has 0 fully saturated rings. The molecule has 2 aromatic carbocycles. The first-order valence-electron chi connectivity index (χ1n) is 6.57. The van der Waals surface area contributed by atoms with E-state index in [0.717, 1.165) is 29.7 Å². The van der Waals surface area contributed by atoms with Crippen LogP contribution in [0.3, 0.4) is 0 Å². The third kappa shape index (κ3) is 3.14. The number of nitrogens with zero attached hydrogens (tertiary/aromatic N) is 1. The number of anilines is 1. The molecule has 0 bridgehead atoms. The molecule has 0 saturated heterocycles. The lowest BCUT2D eigenvalue weighted by molar-refractivity contribution is 0.628. The van der Waals surface area contributed by atoms with Gasteiger partial charge in [-0.2, -0.15) is 0 Å². The Bertz CT molecular complexity index is 766. The van der Waals surface area contributed by atoms with Gasteiger partial charge >= 0.3 is 0 Å². The molecule has 3 rings (SSSR count). The van der Waals surface area contributed by atoms with Crippen LogP contribution in [-0.2, 0) is 6.54 Å². The van der Waals surface area contributed by atoms with Gasteiger partial charge in [0, 0.05) is 35.4 Å². The monoisotopic (exact) mass is 322 g/mol. The van der Waals surface area contributed by atoms with Gasteiger partial charge in [-0.1, -0.05) is 23.2 Å². The second-order valence-corrected chi connectivity index (χ2v) is 5.61. The molecule has 0 aliphatic carbocycles. The normalized spacial score (nSPS) is 11.0. The fourth-order valence-corrected chi connectivity index (χ4v) is 2.85. The van der Waals surface area contributed by atoms with Gasteiger partial charge in [0.15, 0.2) is 0 Å². The molecule has 0 unspecified atom stereocenters. The molecule has 5 heteroatoms. The highest BCUT2D eigenvalue weighted by atomic mass is 35.5. The Hall–Kier alpha value is -1.71. The zero-order valence-electron chi connectivity index (χ0n) is 11.1. The molecule has 1 aromatic heterocycles. The topological polar surface area (TPSA) is 17.0 Å². The van der Waals surface area contributed by atoms with Gasteiger partial charge in [0.2, 0.25) is 0 Å². The highest BCUT2D eigenvalue weighted by Crippen LogP contribution is 2.28. The van der Waals surface area contributed by atoms with E-state index < -0.39 is 0 Å². The first-order valence-corrected chi connectivity index (χ1v) is 7.32. The van der Waals surface area contributed by atoms with Gasteiger partial charge in [-0.3, -0.25) is 0 Å². The number of hydrogen-bond donors (Lipinski definition) is 1. The highest BCUT2D eigenvalue weighted by molar-refractivity contribution is 6.38. The Morgan fingerprint density at radius 2 is 1.81 bits per heavy atom. The van der Waals surface area contributed by atoms with Crippen molar-refractivity contribution in [3.05, 3.63) is 64.5 Å². The van der Waals surface area contributed by atoms with Crippen LogP contribution in [0.5, 0.6) is 0 Å². The van der Waals surface area contributed by atoms with Crippen molar-refractivity contribution >= 4 is 39.8 Å². The zero-order valence-corrected chi connectivity index (χ0v) is 12.6. The van der Waals surface area contributed by atoms with Crippen molar-refractivity contribution in [1.82, 2.24) is 4.57 Å². The summed E-state index contributed by atoms with van der Waals surface area (Å²) in [5, 5.41) is 5.52. The summed E-state index contributed by atoms with van der Waals surface area (Å²) < 4.78 is 14.9. The number of aromatic nitrogens is 1. The third-order valence-electron chi connectivity index (χ3n) is 3.33. The minimum absolute atomic E-state index is 0.235. The minimum Gasteiger partial charge on any atom is -0.383 e. The van der Waals surface area contributed by atoms with Gasteiger partial charge in [-0.25, -0.2) is 4.39 Å². The van der Waals surface area contributed by atoms with E-state index in [0.29, 0.717) is 10.0 Å². The Labute approximate surface area is 132 Å². The second-order valence-electron chi connectivity index (χ2n) is 4.76. The molecule has 0 atom stereocenters. The van der Waals surface area contributed by atoms with Gasteiger partial charge in [-0.15, -0.1) is 0 Å². The Morgan fingerprint density at radius 1 is 1.05 bits per heavy atom. The lowest BCUT2D eigenvalue weighted by Gasteiger charge is -2.09. The molecular weight excluding hydrogens is 310 g/mol. The van der Waals surface area contributed by atoms with Crippen LogP contribution in [0.4, 0.5) is 10.1 Å². The number of nitrogens with one attached hydrogen (secondary N) is 1. The number of halogens is 3. The quantitative estimate of drug-likeness (QED) is 0.698. The molecule has 0 amide bonds. The Balaban J connectivity index is 1.72. The average Bonchev–Trinajstić information content (AvgIpc) is 2.84. The predicted octanol–water partition coefficient (Wildman–Crippen LogP) is 5.20. The molecular formula is C16H13Cl2FN2. The summed E-state index contributed by atoms with van der Waals surface area (Å²) >= 11 is 12.2. The Morgan fingerprint density at radius 3 is 2.57 bits per heavy atom. The summed E-state index contributed by atoms with van der Waals surface area (Å²) in [4.78, 5) is 0. The van der Waals surface area contributed by atoms with Crippen LogP contribution in [0.25, 0.3) is 10.9 Å². The van der Waals surface area contributed by atoms with E-state index in [2.05, 4.69) is 9.88 Å². The number of benzene rings is 2. The Kier molecular flexibility index (Phi) is 4.04. The summed E-state index contributed by atoms with van der Waals surface area (Å²) in [7, 11) is 0. The molecule has 0 aliphatic heterocycles. The van der Waals surface area contributed by atoms with Crippen LogP contribution < -0.4 is 5.32 Å². The SMILES string of the molecule is Fc1ccc(NCCn2ccc3c(Cl)cc(Cl)cc32)cc1. The van der Waals surface area contributed by atoms with E-state index >= 15 is 0 Å². The fourth-order valence-electron chi connectivity index (χ4n) is 2.30. The summed E-state index contributed by atoms with van der Waals surface area (Å²) in [6, 6.07) is 11.9. The van der Waals surface area contributed by atoms with Gasteiger partial charge < -0.3 is 9.88 Å². The van der Waals surface area contributed by atoms with Crippen molar-refractivity contribution in [2.45, 2.75) is 6.54 Å². The molecule has 1 heterocycles. The van der Waals surface area contributed by atoms with E-state index in [9.17, 15) is 4.39 Å². The number of hydrogen-bond acceptors (Lipinski definition) is 1. The van der Waals surface area contributed by atoms with Crippen molar-refractivity contribution < 1.29 is 4.39 Å². The van der Waals surface area contributed by atoms with Gasteiger partial charge in [0.25, 0.3) is 0 Å². The van der Waals surface area contributed by atoms with Crippen molar-refractivity contribution in [3.8, 4) is 0 Å². The summed E-state index contributed by atoms with van der Waals surface area (Å²) in [5.74, 6) is -0.235. The predicted molar refractivity (Wildman–Crippen MR) is 86.8 cm³/mol. The average molecular weight is 323 g/mol. The van der Waals surface area contributed by atoms with E-state index in [1.165, 1.54) is 12.1 Å². The number of rotatable bonds is 4. The van der Waals surface area contributed by atoms with Crippen LogP contribution in [0.2, 0.25) is 10.0 Å². The van der Waals surface area contributed by atoms with E-state index in [1.54, 1.807) is 18.2 Å². The fraction of sp³-hybridized carbons (Fsp3) is 0.125. The van der Waals surface area contributed by atoms with Crippen LogP contribution in [0, 0.1) is 5.82 Å². The third-order valence-corrected chi connectivity index (χ3v) is 3.86. The van der Waals surface area contributed by atoms with Crippen molar-refractivity contribution in [2.24, 2.45) is 0 Å². The molecule has 0 radical (unpaired) electrons. The second kappa shape index (κ2) is 5.96. The lowest BCUT2D eigenvalue weighted by atomic mass is 10.2. The van der Waals surface area contributed by atoms with Crippen LogP contribution >= 0.6 is 23.2 Å². The van der Waals surface area contributed by atoms with Gasteiger partial charge in [-0.05, 0) is 42.5 Å². The van der Waals surface area contributed by atoms with Crippen molar-refractivity contribution in [1.29, 1.82) is 0 Å². The molecule has 0 aliphatic rings. The van der Waals surface area contributed by atoms with Crippen molar-refractivity contribution in [3.63, 3.8) is 0 Å². The molecule has 3 aromatic rings. The molecule has 21 heavy (non-hydrogen) atoms. The molecule has 1 N–H and O–H groups in total. The lowest BCUT2D eigenvalue weighted by Crippen LogP contribution is -2.09.